The lowest BCUT2D eigenvalue weighted by Gasteiger charge is -2.29. The molecule has 0 aliphatic carbocycles. The molecule has 16 aromatic rings. The zero-order valence-electron chi connectivity index (χ0n) is 58.7. The summed E-state index contributed by atoms with van der Waals surface area (Å²) in [6.45, 7) is 24.6. The van der Waals surface area contributed by atoms with Gasteiger partial charge in [-0.1, -0.05) is 152 Å². The van der Waals surface area contributed by atoms with Gasteiger partial charge in [0.05, 0.1) is 28.4 Å². The minimum Gasteiger partial charge on any atom is -0.276 e. The lowest BCUT2D eigenvalue weighted by Crippen LogP contribution is -2.07. The Balaban J connectivity index is 1.01. The average Bonchev–Trinajstić information content (AvgIpc) is 0.726. The van der Waals surface area contributed by atoms with Crippen LogP contribution in [0.3, 0.4) is 0 Å². The number of para-hydroxylation sites is 3. The van der Waals surface area contributed by atoms with Crippen LogP contribution in [0.1, 0.15) is 79.4 Å². The number of aryl methyl sites for hydroxylation is 4. The molecule has 0 aliphatic rings. The molecule has 16 rings (SSSR count). The molecule has 0 atom stereocenters. The van der Waals surface area contributed by atoms with Crippen molar-refractivity contribution in [2.45, 2.75) is 82.6 Å². The van der Waals surface area contributed by atoms with E-state index in [9.17, 15) is 0 Å². The smallest absolute Gasteiger partial charge is 0.164 e. The van der Waals surface area contributed by atoms with Gasteiger partial charge in [-0.2, -0.15) is 0 Å². The van der Waals surface area contributed by atoms with E-state index in [2.05, 4.69) is 284 Å². The monoisotopic (exact) mass is 1310 g/mol. The number of nitrogens with zero attached hydrogens (tertiary/aromatic N) is 11. The zero-order valence-corrected chi connectivity index (χ0v) is 58.7. The highest BCUT2D eigenvalue weighted by atomic mass is 15.2. The van der Waals surface area contributed by atoms with Crippen LogP contribution < -0.4 is 0 Å². The Kier molecular flexibility index (Phi) is 16.2. The molecule has 0 saturated heterocycles. The Morgan fingerprint density at radius 3 is 1.04 bits per heavy atom. The summed E-state index contributed by atoms with van der Waals surface area (Å²) in [7, 11) is 0. The van der Waals surface area contributed by atoms with Crippen LogP contribution in [0.15, 0.2) is 248 Å². The maximum atomic E-state index is 5.51. The van der Waals surface area contributed by atoms with Crippen LogP contribution >= 0.6 is 0 Å². The van der Waals surface area contributed by atoms with Gasteiger partial charge in [-0.05, 0) is 254 Å². The first kappa shape index (κ1) is 63.4. The normalized spacial score (nSPS) is 11.8. The average molecular weight is 1310 g/mol. The van der Waals surface area contributed by atoms with Crippen LogP contribution in [0.4, 0.5) is 5.69 Å². The van der Waals surface area contributed by atoms with Crippen molar-refractivity contribution in [1.29, 1.82) is 0 Å². The lowest BCUT2D eigenvalue weighted by molar-refractivity contribution is 1.05. The molecule has 0 spiro atoms. The number of rotatable bonds is 14. The summed E-state index contributed by atoms with van der Waals surface area (Å²) < 4.78 is 6.72. The summed E-state index contributed by atoms with van der Waals surface area (Å²) in [6, 6.07) is 77.2. The molecule has 0 N–H and O–H groups in total. The summed E-state index contributed by atoms with van der Waals surface area (Å²) in [5.74, 6) is 2.45. The van der Waals surface area contributed by atoms with Gasteiger partial charge in [0.25, 0.3) is 0 Å². The first-order chi connectivity index (χ1) is 49.2. The molecule has 0 radical (unpaired) electrons. The lowest BCUT2D eigenvalue weighted by atomic mass is 9.74. The van der Waals surface area contributed by atoms with Gasteiger partial charge in [0, 0.05) is 53.6 Å². The highest BCUT2D eigenvalue weighted by molar-refractivity contribution is 6.08. The summed E-state index contributed by atoms with van der Waals surface area (Å²) >= 11 is 0. The van der Waals surface area contributed by atoms with Crippen LogP contribution in [0.5, 0.6) is 0 Å². The first-order valence-corrected chi connectivity index (χ1v) is 34.5. The molecular formula is C90H75N11. The van der Waals surface area contributed by atoms with E-state index in [1.807, 2.05) is 49.1 Å². The third-order valence-corrected chi connectivity index (χ3v) is 20.6. The van der Waals surface area contributed by atoms with Crippen molar-refractivity contribution in [2.75, 3.05) is 0 Å². The molecule has 0 amide bonds. The maximum absolute atomic E-state index is 5.51. The van der Waals surface area contributed by atoms with Crippen molar-refractivity contribution in [3.05, 3.63) is 316 Å². The molecule has 11 heteroatoms. The van der Waals surface area contributed by atoms with Crippen LogP contribution in [-0.4, -0.2) is 54.3 Å². The highest BCUT2D eigenvalue weighted by Crippen LogP contribution is 2.53. The van der Waals surface area contributed by atoms with Crippen molar-refractivity contribution in [1.82, 2.24) is 48.6 Å². The molecule has 0 unspecified atom stereocenters. The van der Waals surface area contributed by atoms with E-state index in [-0.39, 0.29) is 0 Å². The largest absolute Gasteiger partial charge is 0.276 e. The Morgan fingerprint density at radius 2 is 0.644 bits per heavy atom. The van der Waals surface area contributed by atoms with Gasteiger partial charge in [-0.15, -0.1) is 0 Å². The number of benzene rings is 9. The van der Waals surface area contributed by atoms with Crippen LogP contribution in [0.25, 0.3) is 129 Å². The molecule has 7 aromatic heterocycles. The van der Waals surface area contributed by atoms with Crippen LogP contribution in [0, 0.1) is 69.2 Å². The second kappa shape index (κ2) is 25.8. The molecule has 0 bridgehead atoms. The predicted octanol–water partition coefficient (Wildman–Crippen LogP) is 21.8. The Bertz CT molecular complexity index is 6040. The summed E-state index contributed by atoms with van der Waals surface area (Å²) in [6.07, 6.45) is 8.12. The second-order valence-electron chi connectivity index (χ2n) is 26.6. The molecule has 490 valence electrons. The number of imidazole rings is 3. The predicted molar refractivity (Wildman–Crippen MR) is 414 cm³/mol. The summed E-state index contributed by atoms with van der Waals surface area (Å²) in [5, 5.41) is 0. The molecule has 0 aliphatic heterocycles. The van der Waals surface area contributed by atoms with Gasteiger partial charge in [-0.25, -0.2) is 29.9 Å². The van der Waals surface area contributed by atoms with Gasteiger partial charge in [0.15, 0.2) is 16.9 Å². The quantitative estimate of drug-likeness (QED) is 0.0995. The maximum Gasteiger partial charge on any atom is 0.164 e. The second-order valence-corrected chi connectivity index (χ2v) is 26.6. The minimum atomic E-state index is 0.666. The Hall–Kier alpha value is -12.3. The SMILES string of the molecule is C/C(=N\c1cccnc1Cc1ccccc1C)c1cccc(-c2c(C)c(-c3cccc(-c4nc5cccnc5n4-c4ccccc4C)c3C)c(-c3cccc(-c4nc5cccnc5n4-c4ccccc4C)c3C)c(C)c2-c2cccc(-c3nc4cccnc4n3-c3ccccc3C)c2C)c1C. The molecular weight excluding hydrogens is 1240 g/mol. The fourth-order valence-electron chi connectivity index (χ4n) is 15.4. The number of aromatic nitrogens is 10. The summed E-state index contributed by atoms with van der Waals surface area (Å²) in [4.78, 5) is 42.0. The van der Waals surface area contributed by atoms with Crippen LogP contribution in [0.2, 0.25) is 0 Å². The van der Waals surface area contributed by atoms with Crippen molar-refractivity contribution in [3.8, 4) is 95.7 Å². The Morgan fingerprint density at radius 1 is 0.307 bits per heavy atom. The third-order valence-electron chi connectivity index (χ3n) is 20.6. The third kappa shape index (κ3) is 10.8. The van der Waals surface area contributed by atoms with E-state index < -0.39 is 0 Å². The van der Waals surface area contributed by atoms with Crippen molar-refractivity contribution >= 4 is 44.9 Å². The van der Waals surface area contributed by atoms with E-state index in [4.69, 9.17) is 39.9 Å². The van der Waals surface area contributed by atoms with E-state index >= 15 is 0 Å². The van der Waals surface area contributed by atoms with E-state index in [0.29, 0.717) is 6.42 Å². The molecule has 7 heterocycles. The zero-order chi connectivity index (χ0) is 69.3. The number of fused-ring (bicyclic) bond motifs is 3. The molecule has 0 fully saturated rings. The standard InChI is InChI=1S/C90H75N11/c1-53-28-12-16-32-64(53)52-77-73(41-24-48-91-77)95-63(11)65-33-20-34-66(57(65)5)81-61(9)83(68-36-22-39-71(59(68)7)86-97-75-43-26-50-93-89(75)100(86)79-46-18-14-30-55(79)3)84(69-37-23-40-72(60(69)8)87-98-76-44-27-51-94-90(76)101(87)80-47-19-15-31-56(80)4)62(10)82(81)67-35-21-38-70(58(67)6)85-96-74-42-25-49-92-88(74)99(85)78-45-17-13-29-54(78)2/h12-51H,52H2,1-11H3/b95-63+. The van der Waals surface area contributed by atoms with Crippen molar-refractivity contribution in [2.24, 2.45) is 4.99 Å². The van der Waals surface area contributed by atoms with E-state index in [1.165, 1.54) is 11.1 Å². The first-order valence-electron chi connectivity index (χ1n) is 34.5. The van der Waals surface area contributed by atoms with Gasteiger partial charge in [-0.3, -0.25) is 23.7 Å². The molecule has 11 nitrogen and oxygen atoms in total. The molecule has 0 saturated carbocycles. The molecule has 9 aromatic carbocycles. The number of hydrogen-bond donors (Lipinski definition) is 0. The highest BCUT2D eigenvalue weighted by Gasteiger charge is 2.31. The van der Waals surface area contributed by atoms with Crippen molar-refractivity contribution in [3.63, 3.8) is 0 Å². The van der Waals surface area contributed by atoms with Gasteiger partial charge >= 0.3 is 0 Å². The van der Waals surface area contributed by atoms with Gasteiger partial charge in [0.2, 0.25) is 0 Å². The van der Waals surface area contributed by atoms with Gasteiger partial charge in [0.1, 0.15) is 34.0 Å². The van der Waals surface area contributed by atoms with Crippen molar-refractivity contribution < 1.29 is 0 Å². The van der Waals surface area contributed by atoms with E-state index in [1.54, 1.807) is 0 Å². The molecule has 101 heavy (non-hydrogen) atoms. The fraction of sp³-hybridized carbons (Fsp3) is 0.133. The van der Waals surface area contributed by atoms with Gasteiger partial charge < -0.3 is 0 Å². The minimum absolute atomic E-state index is 0.666. The fourth-order valence-corrected chi connectivity index (χ4v) is 15.4. The summed E-state index contributed by atoms with van der Waals surface area (Å²) in [5.41, 5.74) is 35.8. The topological polar surface area (TPSA) is 117 Å². The number of hydrogen-bond acceptors (Lipinski definition) is 8. The Labute approximate surface area is 589 Å². The van der Waals surface area contributed by atoms with Crippen LogP contribution in [-0.2, 0) is 6.42 Å². The van der Waals surface area contributed by atoms with E-state index in [0.717, 1.165) is 202 Å². The number of pyridine rings is 4. The number of aliphatic imine (C=N–C) groups is 1.